The van der Waals surface area contributed by atoms with Gasteiger partial charge in [0.15, 0.2) is 0 Å². The SMILES string of the molecule is N=C/C=N\Nc1ccccc1C(=O)N1CCCN(c2nc3cccc(Cl)c3c(=O)[nH]2)CC1. The van der Waals surface area contributed by atoms with E-state index in [1.54, 1.807) is 41.3 Å². The summed E-state index contributed by atoms with van der Waals surface area (Å²) in [6.45, 7) is 2.25. The minimum Gasteiger partial charge on any atom is -0.340 e. The molecule has 3 N–H and O–H groups in total. The van der Waals surface area contributed by atoms with E-state index in [-0.39, 0.29) is 11.5 Å². The van der Waals surface area contributed by atoms with Crippen molar-refractivity contribution in [3.63, 3.8) is 0 Å². The lowest BCUT2D eigenvalue weighted by Gasteiger charge is -2.23. The van der Waals surface area contributed by atoms with Crippen molar-refractivity contribution < 1.29 is 4.79 Å². The number of hydrazone groups is 1. The van der Waals surface area contributed by atoms with Crippen LogP contribution in [0.2, 0.25) is 5.02 Å². The quantitative estimate of drug-likeness (QED) is 0.407. The predicted octanol–water partition coefficient (Wildman–Crippen LogP) is 2.98. The lowest BCUT2D eigenvalue weighted by molar-refractivity contribution is 0.0768. The third-order valence-corrected chi connectivity index (χ3v) is 5.56. The van der Waals surface area contributed by atoms with Crippen LogP contribution < -0.4 is 15.9 Å². The van der Waals surface area contributed by atoms with E-state index in [1.807, 2.05) is 11.0 Å². The van der Waals surface area contributed by atoms with Crippen molar-refractivity contribution in [2.75, 3.05) is 36.5 Å². The summed E-state index contributed by atoms with van der Waals surface area (Å²) in [6, 6.07) is 12.3. The zero-order valence-electron chi connectivity index (χ0n) is 17.2. The van der Waals surface area contributed by atoms with E-state index in [9.17, 15) is 9.59 Å². The zero-order chi connectivity index (χ0) is 22.5. The summed E-state index contributed by atoms with van der Waals surface area (Å²) < 4.78 is 0. The first kappa shape index (κ1) is 21.5. The second kappa shape index (κ2) is 9.61. The molecule has 1 aliphatic heterocycles. The summed E-state index contributed by atoms with van der Waals surface area (Å²) in [5.41, 5.74) is 4.16. The highest BCUT2D eigenvalue weighted by atomic mass is 35.5. The van der Waals surface area contributed by atoms with Gasteiger partial charge in [-0.3, -0.25) is 20.0 Å². The van der Waals surface area contributed by atoms with Crippen molar-refractivity contribution in [2.24, 2.45) is 5.10 Å². The molecule has 1 saturated heterocycles. The van der Waals surface area contributed by atoms with Gasteiger partial charge in [0.25, 0.3) is 11.5 Å². The molecule has 10 heteroatoms. The molecule has 0 unspecified atom stereocenters. The Morgan fingerprint density at radius 2 is 2.00 bits per heavy atom. The molecule has 2 heterocycles. The maximum atomic E-state index is 13.2. The summed E-state index contributed by atoms with van der Waals surface area (Å²) in [7, 11) is 0. The summed E-state index contributed by atoms with van der Waals surface area (Å²) in [5, 5.41) is 11.7. The van der Waals surface area contributed by atoms with Gasteiger partial charge >= 0.3 is 0 Å². The molecule has 1 amide bonds. The number of halogens is 1. The number of benzene rings is 2. The van der Waals surface area contributed by atoms with Gasteiger partial charge in [0.1, 0.15) is 0 Å². The Kier molecular flexibility index (Phi) is 6.46. The van der Waals surface area contributed by atoms with Gasteiger partial charge in [-0.05, 0) is 30.7 Å². The molecule has 32 heavy (non-hydrogen) atoms. The van der Waals surface area contributed by atoms with Crippen molar-refractivity contribution in [3.8, 4) is 0 Å². The van der Waals surface area contributed by atoms with Crippen molar-refractivity contribution in [2.45, 2.75) is 6.42 Å². The summed E-state index contributed by atoms with van der Waals surface area (Å²) >= 11 is 6.15. The molecule has 9 nitrogen and oxygen atoms in total. The Balaban J connectivity index is 1.52. The highest BCUT2D eigenvalue weighted by Gasteiger charge is 2.23. The van der Waals surface area contributed by atoms with Gasteiger partial charge in [0.2, 0.25) is 5.95 Å². The zero-order valence-corrected chi connectivity index (χ0v) is 18.0. The highest BCUT2D eigenvalue weighted by Crippen LogP contribution is 2.22. The van der Waals surface area contributed by atoms with Crippen molar-refractivity contribution in [3.05, 3.63) is 63.4 Å². The Bertz CT molecular complexity index is 1240. The fraction of sp³-hybridized carbons (Fsp3) is 0.227. The number of aromatic amines is 1. The minimum absolute atomic E-state index is 0.105. The number of nitrogens with one attached hydrogen (secondary N) is 3. The number of amides is 1. The van der Waals surface area contributed by atoms with E-state index in [0.717, 1.165) is 12.6 Å². The number of nitrogens with zero attached hydrogens (tertiary/aromatic N) is 4. The number of rotatable bonds is 5. The van der Waals surface area contributed by atoms with Crippen molar-refractivity contribution in [1.82, 2.24) is 14.9 Å². The van der Waals surface area contributed by atoms with Crippen LogP contribution in [0.4, 0.5) is 11.6 Å². The van der Waals surface area contributed by atoms with E-state index in [4.69, 9.17) is 17.0 Å². The summed E-state index contributed by atoms with van der Waals surface area (Å²) in [5.74, 6) is 0.369. The lowest BCUT2D eigenvalue weighted by Crippen LogP contribution is -2.36. The molecule has 4 rings (SSSR count). The molecule has 0 spiro atoms. The van der Waals surface area contributed by atoms with Crippen LogP contribution in [0.1, 0.15) is 16.8 Å². The van der Waals surface area contributed by atoms with E-state index < -0.39 is 0 Å². The number of hydrogen-bond donors (Lipinski definition) is 3. The van der Waals surface area contributed by atoms with Crippen LogP contribution in [0, 0.1) is 5.41 Å². The predicted molar refractivity (Wildman–Crippen MR) is 127 cm³/mol. The Labute approximate surface area is 189 Å². The average Bonchev–Trinajstić information content (AvgIpc) is 3.05. The Hall–Kier alpha value is -3.72. The molecular formula is C22H22ClN7O2. The number of fused-ring (bicyclic) bond motifs is 1. The van der Waals surface area contributed by atoms with Crippen LogP contribution in [0.15, 0.2) is 52.4 Å². The molecule has 164 valence electrons. The van der Waals surface area contributed by atoms with Gasteiger partial charge in [-0.25, -0.2) is 4.98 Å². The number of carbonyl (C=O) groups excluding carboxylic acids is 1. The first-order valence-electron chi connectivity index (χ1n) is 10.2. The maximum absolute atomic E-state index is 13.2. The molecule has 2 aromatic carbocycles. The van der Waals surface area contributed by atoms with E-state index >= 15 is 0 Å². The number of para-hydroxylation sites is 1. The van der Waals surface area contributed by atoms with Gasteiger partial charge in [-0.1, -0.05) is 29.8 Å². The first-order valence-corrected chi connectivity index (χ1v) is 10.6. The standard InChI is InChI=1S/C22H22ClN7O2/c23-16-6-3-8-18-19(16)20(31)27-22(26-18)30-12-4-11-29(13-14-30)21(32)15-5-1-2-7-17(15)28-25-10-9-24/h1-3,5-10,24,28H,4,11-14H2,(H,26,27,31)/b24-9?,25-10-. The van der Waals surface area contributed by atoms with Gasteiger partial charge < -0.3 is 15.2 Å². The monoisotopic (exact) mass is 451 g/mol. The molecule has 0 radical (unpaired) electrons. The van der Waals surface area contributed by atoms with Crippen molar-refractivity contribution >= 4 is 52.5 Å². The molecular weight excluding hydrogens is 430 g/mol. The second-order valence-electron chi connectivity index (χ2n) is 7.26. The number of hydrogen-bond acceptors (Lipinski definition) is 7. The molecule has 0 aliphatic carbocycles. The van der Waals surface area contributed by atoms with Gasteiger partial charge in [-0.15, -0.1) is 0 Å². The third kappa shape index (κ3) is 4.47. The van der Waals surface area contributed by atoms with Gasteiger partial charge in [-0.2, -0.15) is 5.10 Å². The fourth-order valence-electron chi connectivity index (χ4n) is 3.70. The average molecular weight is 452 g/mol. The fourth-order valence-corrected chi connectivity index (χ4v) is 3.96. The van der Waals surface area contributed by atoms with Crippen molar-refractivity contribution in [1.29, 1.82) is 5.41 Å². The molecule has 3 aromatic rings. The van der Waals surface area contributed by atoms with Crippen LogP contribution >= 0.6 is 11.6 Å². The molecule has 0 bridgehead atoms. The normalized spacial score (nSPS) is 14.5. The molecule has 1 aliphatic rings. The number of anilines is 2. The van der Waals surface area contributed by atoms with E-state index in [2.05, 4.69) is 20.5 Å². The summed E-state index contributed by atoms with van der Waals surface area (Å²) in [4.78, 5) is 36.9. The van der Waals surface area contributed by atoms with Crippen LogP contribution in [-0.4, -0.2) is 59.4 Å². The number of carbonyl (C=O) groups is 1. The molecule has 0 atom stereocenters. The van der Waals surface area contributed by atoms with E-state index in [1.165, 1.54) is 6.21 Å². The van der Waals surface area contributed by atoms with Crippen LogP contribution in [0.25, 0.3) is 10.9 Å². The van der Waals surface area contributed by atoms with E-state index in [0.29, 0.717) is 59.3 Å². The maximum Gasteiger partial charge on any atom is 0.261 e. The van der Waals surface area contributed by atoms with Crippen LogP contribution in [0.3, 0.4) is 0 Å². The van der Waals surface area contributed by atoms with Crippen LogP contribution in [0.5, 0.6) is 0 Å². The number of aromatic nitrogens is 2. The first-order chi connectivity index (χ1) is 15.6. The van der Waals surface area contributed by atoms with Crippen LogP contribution in [-0.2, 0) is 0 Å². The molecule has 1 aromatic heterocycles. The Morgan fingerprint density at radius 3 is 2.84 bits per heavy atom. The smallest absolute Gasteiger partial charge is 0.261 e. The highest BCUT2D eigenvalue weighted by molar-refractivity contribution is 6.35. The third-order valence-electron chi connectivity index (χ3n) is 5.24. The number of H-pyrrole nitrogens is 1. The molecule has 1 fully saturated rings. The Morgan fingerprint density at radius 1 is 1.16 bits per heavy atom. The topological polar surface area (TPSA) is 118 Å². The molecule has 0 saturated carbocycles. The van der Waals surface area contributed by atoms with Gasteiger partial charge in [0, 0.05) is 32.4 Å². The summed E-state index contributed by atoms with van der Waals surface area (Å²) in [6.07, 6.45) is 3.08. The van der Waals surface area contributed by atoms with Gasteiger partial charge in [0.05, 0.1) is 33.4 Å². The minimum atomic E-state index is -0.279. The largest absolute Gasteiger partial charge is 0.340 e. The lowest BCUT2D eigenvalue weighted by atomic mass is 10.1. The second-order valence-corrected chi connectivity index (χ2v) is 7.67.